The van der Waals surface area contributed by atoms with Gasteiger partial charge in [0.1, 0.15) is 5.75 Å². The van der Waals surface area contributed by atoms with E-state index in [4.69, 9.17) is 23.2 Å². The van der Waals surface area contributed by atoms with Gasteiger partial charge in [-0.1, -0.05) is 41.4 Å². The molecule has 98 valence electrons. The number of phenolic OH excluding ortho intramolecular Hbond substituents is 1. The molecule has 0 heterocycles. The summed E-state index contributed by atoms with van der Waals surface area (Å²) in [6.45, 7) is 0. The molecule has 0 atom stereocenters. The number of para-hydroxylation sites is 2. The van der Waals surface area contributed by atoms with Crippen LogP contribution in [-0.2, 0) is 11.2 Å². The Bertz CT molecular complexity index is 594. The number of anilines is 1. The largest absolute Gasteiger partial charge is 0.506 e. The fourth-order valence-corrected chi connectivity index (χ4v) is 2.17. The van der Waals surface area contributed by atoms with Crippen LogP contribution < -0.4 is 5.32 Å². The maximum Gasteiger partial charge on any atom is 0.229 e. The van der Waals surface area contributed by atoms with Crippen molar-refractivity contribution >= 4 is 34.8 Å². The van der Waals surface area contributed by atoms with Gasteiger partial charge in [-0.15, -0.1) is 0 Å². The average molecular weight is 296 g/mol. The fourth-order valence-electron chi connectivity index (χ4n) is 1.64. The van der Waals surface area contributed by atoms with Crippen LogP contribution in [0.1, 0.15) is 5.56 Å². The molecule has 0 saturated heterocycles. The number of phenols is 1. The zero-order valence-electron chi connectivity index (χ0n) is 9.86. The first-order valence-electron chi connectivity index (χ1n) is 5.58. The number of hydrogen-bond acceptors (Lipinski definition) is 2. The Hall–Kier alpha value is -1.71. The van der Waals surface area contributed by atoms with Crippen molar-refractivity contribution in [2.45, 2.75) is 6.42 Å². The molecular weight excluding hydrogens is 285 g/mol. The van der Waals surface area contributed by atoms with Gasteiger partial charge in [-0.25, -0.2) is 0 Å². The number of carbonyl (C=O) groups is 1. The van der Waals surface area contributed by atoms with Crippen molar-refractivity contribution in [3.8, 4) is 5.75 Å². The minimum Gasteiger partial charge on any atom is -0.506 e. The molecule has 0 spiro atoms. The van der Waals surface area contributed by atoms with Crippen LogP contribution in [-0.4, -0.2) is 11.0 Å². The summed E-state index contributed by atoms with van der Waals surface area (Å²) in [6.07, 6.45) is 0.0485. The Kier molecular flexibility index (Phi) is 4.30. The molecule has 2 aromatic carbocycles. The number of carbonyl (C=O) groups excluding carboxylic acids is 1. The van der Waals surface area contributed by atoms with Gasteiger partial charge in [0, 0.05) is 10.0 Å². The highest BCUT2D eigenvalue weighted by atomic mass is 35.5. The predicted molar refractivity (Wildman–Crippen MR) is 76.9 cm³/mol. The van der Waals surface area contributed by atoms with Crippen LogP contribution in [0.25, 0.3) is 0 Å². The summed E-state index contributed by atoms with van der Waals surface area (Å²) in [4.78, 5) is 11.9. The van der Waals surface area contributed by atoms with E-state index in [0.717, 1.165) is 0 Å². The van der Waals surface area contributed by atoms with Gasteiger partial charge < -0.3 is 10.4 Å². The summed E-state index contributed by atoms with van der Waals surface area (Å²) >= 11 is 12.0. The molecule has 0 aliphatic rings. The van der Waals surface area contributed by atoms with Crippen LogP contribution in [0.15, 0.2) is 42.5 Å². The monoisotopic (exact) mass is 295 g/mol. The fraction of sp³-hybridized carbons (Fsp3) is 0.0714. The molecule has 0 radical (unpaired) electrons. The van der Waals surface area contributed by atoms with Gasteiger partial charge in [0.25, 0.3) is 0 Å². The highest BCUT2D eigenvalue weighted by Gasteiger charge is 2.12. The summed E-state index contributed by atoms with van der Waals surface area (Å²) in [7, 11) is 0. The minimum absolute atomic E-state index is 0.0149. The molecule has 19 heavy (non-hydrogen) atoms. The Balaban J connectivity index is 2.12. The number of nitrogens with one attached hydrogen (secondary N) is 1. The molecule has 0 aliphatic carbocycles. The molecule has 0 fully saturated rings. The van der Waals surface area contributed by atoms with Crippen LogP contribution in [0.3, 0.4) is 0 Å². The van der Waals surface area contributed by atoms with E-state index in [-0.39, 0.29) is 18.1 Å². The molecule has 2 aromatic rings. The lowest BCUT2D eigenvalue weighted by Crippen LogP contribution is -2.15. The summed E-state index contributed by atoms with van der Waals surface area (Å²) in [6, 6.07) is 11.6. The van der Waals surface area contributed by atoms with Gasteiger partial charge >= 0.3 is 0 Å². The van der Waals surface area contributed by atoms with Gasteiger partial charge in [-0.05, 0) is 29.8 Å². The normalized spacial score (nSPS) is 10.2. The molecule has 2 rings (SSSR count). The highest BCUT2D eigenvalue weighted by molar-refractivity contribution is 6.36. The molecule has 3 nitrogen and oxygen atoms in total. The first-order valence-corrected chi connectivity index (χ1v) is 6.34. The standard InChI is InChI=1S/C14H11Cl2NO2/c15-10-4-3-5-11(16)9(10)8-14(19)17-12-6-1-2-7-13(12)18/h1-7,18H,8H2,(H,17,19). The molecule has 0 unspecified atom stereocenters. The lowest BCUT2D eigenvalue weighted by molar-refractivity contribution is -0.115. The van der Waals surface area contributed by atoms with E-state index in [1.165, 1.54) is 6.07 Å². The second-order valence-corrected chi connectivity index (χ2v) is 4.76. The van der Waals surface area contributed by atoms with Gasteiger partial charge in [-0.3, -0.25) is 4.79 Å². The maximum atomic E-state index is 11.9. The zero-order chi connectivity index (χ0) is 13.8. The van der Waals surface area contributed by atoms with Crippen LogP contribution >= 0.6 is 23.2 Å². The Morgan fingerprint density at radius 3 is 2.32 bits per heavy atom. The molecule has 0 bridgehead atoms. The van der Waals surface area contributed by atoms with E-state index >= 15 is 0 Å². The third-order valence-electron chi connectivity index (χ3n) is 2.58. The van der Waals surface area contributed by atoms with E-state index in [9.17, 15) is 9.90 Å². The van der Waals surface area contributed by atoms with Crippen molar-refractivity contribution in [3.05, 3.63) is 58.1 Å². The topological polar surface area (TPSA) is 49.3 Å². The third kappa shape index (κ3) is 3.40. The van der Waals surface area contributed by atoms with E-state index in [2.05, 4.69) is 5.32 Å². The molecule has 0 aliphatic heterocycles. The lowest BCUT2D eigenvalue weighted by atomic mass is 10.1. The van der Waals surface area contributed by atoms with Crippen LogP contribution in [0, 0.1) is 0 Å². The number of amides is 1. The van der Waals surface area contributed by atoms with E-state index in [1.54, 1.807) is 36.4 Å². The van der Waals surface area contributed by atoms with Crippen molar-refractivity contribution in [2.24, 2.45) is 0 Å². The zero-order valence-corrected chi connectivity index (χ0v) is 11.4. The van der Waals surface area contributed by atoms with E-state index in [1.807, 2.05) is 0 Å². The molecule has 1 amide bonds. The molecule has 0 saturated carbocycles. The minimum atomic E-state index is -0.295. The van der Waals surface area contributed by atoms with Gasteiger partial charge in [0.05, 0.1) is 12.1 Å². The molecular formula is C14H11Cl2NO2. The quantitative estimate of drug-likeness (QED) is 0.844. The summed E-state index contributed by atoms with van der Waals surface area (Å²) in [5, 5.41) is 13.1. The van der Waals surface area contributed by atoms with E-state index < -0.39 is 0 Å². The molecule has 2 N–H and O–H groups in total. The Labute approximate surface area is 120 Å². The van der Waals surface area contributed by atoms with Crippen molar-refractivity contribution in [2.75, 3.05) is 5.32 Å². The van der Waals surface area contributed by atoms with E-state index in [0.29, 0.717) is 21.3 Å². The lowest BCUT2D eigenvalue weighted by Gasteiger charge is -2.09. The van der Waals surface area contributed by atoms with Crippen molar-refractivity contribution in [3.63, 3.8) is 0 Å². The maximum absolute atomic E-state index is 11.9. The second-order valence-electron chi connectivity index (χ2n) is 3.94. The smallest absolute Gasteiger partial charge is 0.229 e. The third-order valence-corrected chi connectivity index (χ3v) is 3.29. The summed E-state index contributed by atoms with van der Waals surface area (Å²) in [5.41, 5.74) is 0.925. The average Bonchev–Trinajstić information content (AvgIpc) is 2.37. The Morgan fingerprint density at radius 2 is 1.68 bits per heavy atom. The van der Waals surface area contributed by atoms with Crippen molar-refractivity contribution in [1.82, 2.24) is 0 Å². The highest BCUT2D eigenvalue weighted by Crippen LogP contribution is 2.26. The number of halogens is 2. The first kappa shape index (κ1) is 13.7. The van der Waals surface area contributed by atoms with Crippen molar-refractivity contribution in [1.29, 1.82) is 0 Å². The van der Waals surface area contributed by atoms with Crippen LogP contribution in [0.4, 0.5) is 5.69 Å². The number of hydrogen-bond donors (Lipinski definition) is 2. The SMILES string of the molecule is O=C(Cc1c(Cl)cccc1Cl)Nc1ccccc1O. The second kappa shape index (κ2) is 5.95. The summed E-state index contributed by atoms with van der Waals surface area (Å²) in [5.74, 6) is -0.280. The Morgan fingerprint density at radius 1 is 1.05 bits per heavy atom. The van der Waals surface area contributed by atoms with Crippen LogP contribution in [0.5, 0.6) is 5.75 Å². The van der Waals surface area contributed by atoms with Gasteiger partial charge in [0.15, 0.2) is 0 Å². The number of aromatic hydroxyl groups is 1. The number of benzene rings is 2. The number of rotatable bonds is 3. The summed E-state index contributed by atoms with van der Waals surface area (Å²) < 4.78 is 0. The molecule has 5 heteroatoms. The van der Waals surface area contributed by atoms with Crippen LogP contribution in [0.2, 0.25) is 10.0 Å². The van der Waals surface area contributed by atoms with Crippen molar-refractivity contribution < 1.29 is 9.90 Å². The first-order chi connectivity index (χ1) is 9.08. The molecule has 0 aromatic heterocycles. The van der Waals surface area contributed by atoms with Gasteiger partial charge in [-0.2, -0.15) is 0 Å². The predicted octanol–water partition coefficient (Wildman–Crippen LogP) is 3.88. The van der Waals surface area contributed by atoms with Gasteiger partial charge in [0.2, 0.25) is 5.91 Å².